The standard InChI is InChI=1S/C12H16Cl2N2/c1-16-6-4-12(15,5-7-16)10-8-9(13)2-3-11(10)14/h2-3,8H,4-7,15H2,1H3. The molecule has 16 heavy (non-hydrogen) atoms. The number of rotatable bonds is 1. The Bertz CT molecular complexity index is 385. The molecule has 0 bridgehead atoms. The summed E-state index contributed by atoms with van der Waals surface area (Å²) in [4.78, 5) is 2.28. The third-order valence-electron chi connectivity index (χ3n) is 3.34. The quantitative estimate of drug-likeness (QED) is 0.840. The predicted octanol–water partition coefficient (Wildman–Crippen LogP) is 2.87. The number of nitrogens with two attached hydrogens (primary N) is 1. The van der Waals surface area contributed by atoms with Crippen molar-refractivity contribution >= 4 is 23.2 Å². The topological polar surface area (TPSA) is 29.3 Å². The highest BCUT2D eigenvalue weighted by atomic mass is 35.5. The maximum absolute atomic E-state index is 6.44. The van der Waals surface area contributed by atoms with Crippen LogP contribution in [-0.4, -0.2) is 25.0 Å². The van der Waals surface area contributed by atoms with E-state index in [1.165, 1.54) is 0 Å². The summed E-state index contributed by atoms with van der Waals surface area (Å²) in [6.45, 7) is 2.00. The number of benzene rings is 1. The van der Waals surface area contributed by atoms with Crippen molar-refractivity contribution < 1.29 is 0 Å². The van der Waals surface area contributed by atoms with Crippen LogP contribution in [-0.2, 0) is 5.54 Å². The number of hydrogen-bond donors (Lipinski definition) is 1. The summed E-state index contributed by atoms with van der Waals surface area (Å²) >= 11 is 12.2. The van der Waals surface area contributed by atoms with Gasteiger partial charge in [0.1, 0.15) is 0 Å². The van der Waals surface area contributed by atoms with Crippen molar-refractivity contribution in [3.8, 4) is 0 Å². The van der Waals surface area contributed by atoms with Crippen molar-refractivity contribution in [3.05, 3.63) is 33.8 Å². The van der Waals surface area contributed by atoms with Crippen LogP contribution < -0.4 is 5.73 Å². The molecule has 1 aromatic carbocycles. The zero-order valence-electron chi connectivity index (χ0n) is 9.34. The molecule has 88 valence electrons. The maximum atomic E-state index is 6.44. The van der Waals surface area contributed by atoms with Gasteiger partial charge in [-0.05, 0) is 56.7 Å². The highest BCUT2D eigenvalue weighted by Gasteiger charge is 2.32. The minimum Gasteiger partial charge on any atom is -0.321 e. The summed E-state index contributed by atoms with van der Waals surface area (Å²) in [6, 6.07) is 5.52. The van der Waals surface area contributed by atoms with Crippen LogP contribution in [0.25, 0.3) is 0 Å². The molecule has 2 nitrogen and oxygen atoms in total. The molecule has 0 saturated carbocycles. The largest absolute Gasteiger partial charge is 0.321 e. The highest BCUT2D eigenvalue weighted by molar-refractivity contribution is 6.33. The van der Waals surface area contributed by atoms with E-state index in [0.717, 1.165) is 36.5 Å². The molecule has 0 aromatic heterocycles. The Balaban J connectivity index is 2.32. The van der Waals surface area contributed by atoms with Crippen molar-refractivity contribution in [2.45, 2.75) is 18.4 Å². The molecule has 0 atom stereocenters. The first-order valence-electron chi connectivity index (χ1n) is 5.44. The van der Waals surface area contributed by atoms with E-state index in [1.807, 2.05) is 12.1 Å². The second kappa shape index (κ2) is 4.53. The van der Waals surface area contributed by atoms with Gasteiger partial charge in [-0.15, -0.1) is 0 Å². The van der Waals surface area contributed by atoms with Gasteiger partial charge in [-0.25, -0.2) is 0 Å². The van der Waals surface area contributed by atoms with E-state index in [4.69, 9.17) is 28.9 Å². The summed E-state index contributed by atoms with van der Waals surface area (Å²) in [5.41, 5.74) is 7.10. The van der Waals surface area contributed by atoms with Gasteiger partial charge in [-0.1, -0.05) is 23.2 Å². The molecule has 0 spiro atoms. The molecule has 0 amide bonds. The fourth-order valence-corrected chi connectivity index (χ4v) is 2.64. The minimum absolute atomic E-state index is 0.325. The lowest BCUT2D eigenvalue weighted by atomic mass is 9.82. The second-order valence-corrected chi connectivity index (χ2v) is 5.43. The van der Waals surface area contributed by atoms with Gasteiger partial charge in [0.25, 0.3) is 0 Å². The zero-order chi connectivity index (χ0) is 11.8. The summed E-state index contributed by atoms with van der Waals surface area (Å²) in [6.07, 6.45) is 1.84. The van der Waals surface area contributed by atoms with Gasteiger partial charge in [0.2, 0.25) is 0 Å². The maximum Gasteiger partial charge on any atom is 0.0457 e. The summed E-state index contributed by atoms with van der Waals surface area (Å²) in [5.74, 6) is 0. The Labute approximate surface area is 106 Å². The van der Waals surface area contributed by atoms with Crippen LogP contribution >= 0.6 is 23.2 Å². The van der Waals surface area contributed by atoms with Crippen LogP contribution in [0.2, 0.25) is 10.0 Å². The smallest absolute Gasteiger partial charge is 0.0457 e. The third kappa shape index (κ3) is 2.35. The first kappa shape index (κ1) is 12.2. The Morgan fingerprint density at radius 1 is 1.25 bits per heavy atom. The molecule has 0 unspecified atom stereocenters. The molecule has 4 heteroatoms. The molecule has 2 N–H and O–H groups in total. The number of likely N-dealkylation sites (tertiary alicyclic amines) is 1. The van der Waals surface area contributed by atoms with Crippen molar-refractivity contribution in [2.24, 2.45) is 5.73 Å². The molecule has 0 radical (unpaired) electrons. The van der Waals surface area contributed by atoms with Crippen molar-refractivity contribution in [1.82, 2.24) is 4.90 Å². The van der Waals surface area contributed by atoms with Crippen LogP contribution in [0.15, 0.2) is 18.2 Å². The van der Waals surface area contributed by atoms with Crippen LogP contribution in [0, 0.1) is 0 Å². The predicted molar refractivity (Wildman–Crippen MR) is 69.1 cm³/mol. The molecule has 1 fully saturated rings. The fraction of sp³-hybridized carbons (Fsp3) is 0.500. The molecule has 1 heterocycles. The van der Waals surface area contributed by atoms with E-state index in [1.54, 1.807) is 6.07 Å². The van der Waals surface area contributed by atoms with Crippen LogP contribution in [0.4, 0.5) is 0 Å². The molecule has 2 rings (SSSR count). The lowest BCUT2D eigenvalue weighted by molar-refractivity contribution is 0.191. The number of piperidine rings is 1. The van der Waals surface area contributed by atoms with Gasteiger partial charge in [-0.2, -0.15) is 0 Å². The van der Waals surface area contributed by atoms with Crippen LogP contribution in [0.5, 0.6) is 0 Å². The Morgan fingerprint density at radius 2 is 1.88 bits per heavy atom. The van der Waals surface area contributed by atoms with Gasteiger partial charge in [0, 0.05) is 15.6 Å². The second-order valence-electron chi connectivity index (χ2n) is 4.58. The van der Waals surface area contributed by atoms with Crippen LogP contribution in [0.1, 0.15) is 18.4 Å². The summed E-state index contributed by atoms with van der Waals surface area (Å²) < 4.78 is 0. The number of hydrogen-bond acceptors (Lipinski definition) is 2. The molecule has 1 aliphatic heterocycles. The number of halogens is 2. The van der Waals surface area contributed by atoms with E-state index < -0.39 is 0 Å². The Hall–Kier alpha value is -0.280. The molecule has 1 saturated heterocycles. The van der Waals surface area contributed by atoms with Crippen molar-refractivity contribution in [2.75, 3.05) is 20.1 Å². The van der Waals surface area contributed by atoms with Crippen LogP contribution in [0.3, 0.4) is 0 Å². The lowest BCUT2D eigenvalue weighted by Crippen LogP contribution is -2.47. The fourth-order valence-electron chi connectivity index (χ4n) is 2.17. The first-order valence-corrected chi connectivity index (χ1v) is 6.20. The normalized spacial score (nSPS) is 21.0. The monoisotopic (exact) mass is 258 g/mol. The molecular formula is C12H16Cl2N2. The van der Waals surface area contributed by atoms with E-state index in [2.05, 4.69) is 11.9 Å². The number of nitrogens with zero attached hydrogens (tertiary/aromatic N) is 1. The lowest BCUT2D eigenvalue weighted by Gasteiger charge is -2.38. The minimum atomic E-state index is -0.325. The average molecular weight is 259 g/mol. The van der Waals surface area contributed by atoms with E-state index in [-0.39, 0.29) is 5.54 Å². The SMILES string of the molecule is CN1CCC(N)(c2cc(Cl)ccc2Cl)CC1. The zero-order valence-corrected chi connectivity index (χ0v) is 10.9. The summed E-state index contributed by atoms with van der Waals surface area (Å²) in [7, 11) is 2.11. The summed E-state index contributed by atoms with van der Waals surface area (Å²) in [5, 5.41) is 1.42. The average Bonchev–Trinajstić information content (AvgIpc) is 2.26. The van der Waals surface area contributed by atoms with E-state index >= 15 is 0 Å². The van der Waals surface area contributed by atoms with Gasteiger partial charge in [0.15, 0.2) is 0 Å². The third-order valence-corrected chi connectivity index (χ3v) is 3.91. The molecule has 1 aromatic rings. The first-order chi connectivity index (χ1) is 7.51. The van der Waals surface area contributed by atoms with Crippen molar-refractivity contribution in [3.63, 3.8) is 0 Å². The van der Waals surface area contributed by atoms with E-state index in [0.29, 0.717) is 5.02 Å². The van der Waals surface area contributed by atoms with Gasteiger partial charge >= 0.3 is 0 Å². The molecule has 0 aliphatic carbocycles. The van der Waals surface area contributed by atoms with Crippen molar-refractivity contribution in [1.29, 1.82) is 0 Å². The molecular weight excluding hydrogens is 243 g/mol. The Kier molecular flexibility index (Phi) is 3.45. The van der Waals surface area contributed by atoms with Gasteiger partial charge < -0.3 is 10.6 Å². The Morgan fingerprint density at radius 3 is 2.50 bits per heavy atom. The molecule has 1 aliphatic rings. The van der Waals surface area contributed by atoms with Gasteiger partial charge in [-0.3, -0.25) is 0 Å². The van der Waals surface area contributed by atoms with E-state index in [9.17, 15) is 0 Å². The van der Waals surface area contributed by atoms with Gasteiger partial charge in [0.05, 0.1) is 0 Å². The highest BCUT2D eigenvalue weighted by Crippen LogP contribution is 2.35.